The van der Waals surface area contributed by atoms with Crippen molar-refractivity contribution in [2.45, 2.75) is 57.7 Å². The summed E-state index contributed by atoms with van der Waals surface area (Å²) in [6, 6.07) is 0. The zero-order valence-corrected chi connectivity index (χ0v) is 9.68. The van der Waals surface area contributed by atoms with Gasteiger partial charge in [-0.15, -0.1) is 6.42 Å². The second-order valence-electron chi connectivity index (χ2n) is 5.44. The Kier molecular flexibility index (Phi) is 3.24. The van der Waals surface area contributed by atoms with E-state index >= 15 is 0 Å². The maximum Gasteiger partial charge on any atom is 0.107 e. The van der Waals surface area contributed by atoms with Crippen LogP contribution in [0.2, 0.25) is 0 Å². The number of hydrogen-bond donors (Lipinski definition) is 1. The molecule has 0 radical (unpaired) electrons. The van der Waals surface area contributed by atoms with Crippen LogP contribution in [0.3, 0.4) is 0 Å². The van der Waals surface area contributed by atoms with Crippen LogP contribution >= 0.6 is 0 Å². The van der Waals surface area contributed by atoms with E-state index in [0.717, 1.165) is 12.8 Å². The second-order valence-corrected chi connectivity index (χ2v) is 5.44. The van der Waals surface area contributed by atoms with Gasteiger partial charge >= 0.3 is 0 Å². The maximum atomic E-state index is 5.63. The quantitative estimate of drug-likeness (QED) is 0.680. The third-order valence-electron chi connectivity index (χ3n) is 2.56. The molecule has 2 nitrogen and oxygen atoms in total. The van der Waals surface area contributed by atoms with E-state index in [-0.39, 0.29) is 17.2 Å². The van der Waals surface area contributed by atoms with Crippen LogP contribution in [0.4, 0.5) is 0 Å². The normalized spacial score (nSPS) is 25.6. The monoisotopic (exact) mass is 195 g/mol. The van der Waals surface area contributed by atoms with Crippen LogP contribution in [0.15, 0.2) is 0 Å². The van der Waals surface area contributed by atoms with Crippen LogP contribution in [-0.4, -0.2) is 23.8 Å². The second kappa shape index (κ2) is 3.92. The summed E-state index contributed by atoms with van der Waals surface area (Å²) in [7, 11) is 0. The summed E-state index contributed by atoms with van der Waals surface area (Å²) in [5.41, 5.74) is 0.280. The molecule has 80 valence electrons. The lowest BCUT2D eigenvalue weighted by Gasteiger charge is -2.46. The molecule has 0 saturated carbocycles. The van der Waals surface area contributed by atoms with Gasteiger partial charge in [-0.2, -0.15) is 0 Å². The van der Waals surface area contributed by atoms with Crippen LogP contribution in [0.25, 0.3) is 0 Å². The van der Waals surface area contributed by atoms with Gasteiger partial charge in [0.05, 0.1) is 6.10 Å². The average molecular weight is 195 g/mol. The Morgan fingerprint density at radius 3 is 2.21 bits per heavy atom. The van der Waals surface area contributed by atoms with Crippen molar-refractivity contribution < 1.29 is 4.74 Å². The van der Waals surface area contributed by atoms with Crippen molar-refractivity contribution in [3.8, 4) is 12.3 Å². The average Bonchev–Trinajstić information content (AvgIpc) is 1.94. The van der Waals surface area contributed by atoms with Crippen LogP contribution in [0.1, 0.15) is 40.5 Å². The van der Waals surface area contributed by atoms with E-state index in [1.807, 2.05) is 0 Å². The first kappa shape index (κ1) is 11.6. The minimum atomic E-state index is 0.140. The van der Waals surface area contributed by atoms with Crippen LogP contribution in [-0.2, 0) is 4.74 Å². The van der Waals surface area contributed by atoms with Gasteiger partial charge in [0, 0.05) is 11.1 Å². The molecule has 14 heavy (non-hydrogen) atoms. The molecule has 1 N–H and O–H groups in total. The minimum Gasteiger partial charge on any atom is -0.365 e. The lowest BCUT2D eigenvalue weighted by molar-refractivity contribution is -0.00765. The summed E-state index contributed by atoms with van der Waals surface area (Å²) in [5, 5.41) is 3.61. The molecule has 0 aromatic heterocycles. The molecule has 0 aromatic carbocycles. The zero-order valence-electron chi connectivity index (χ0n) is 9.68. The first-order valence-corrected chi connectivity index (χ1v) is 5.19. The molecule has 2 heteroatoms. The Morgan fingerprint density at radius 1 is 1.29 bits per heavy atom. The van der Waals surface area contributed by atoms with Crippen molar-refractivity contribution in [3.05, 3.63) is 0 Å². The van der Waals surface area contributed by atoms with Gasteiger partial charge in [0.2, 0.25) is 0 Å². The highest BCUT2D eigenvalue weighted by molar-refractivity contribution is 4.98. The van der Waals surface area contributed by atoms with Crippen molar-refractivity contribution in [3.63, 3.8) is 0 Å². The summed E-state index contributed by atoms with van der Waals surface area (Å²) < 4.78 is 5.63. The molecule has 0 unspecified atom stereocenters. The predicted octanol–water partition coefficient (Wildman–Crippen LogP) is 1.95. The van der Waals surface area contributed by atoms with E-state index in [2.05, 4.69) is 38.9 Å². The van der Waals surface area contributed by atoms with Gasteiger partial charge in [-0.3, -0.25) is 0 Å². The van der Waals surface area contributed by atoms with Crippen molar-refractivity contribution in [1.29, 1.82) is 0 Å². The summed E-state index contributed by atoms with van der Waals surface area (Å²) in [5.74, 6) is 2.53. The minimum absolute atomic E-state index is 0.140. The molecule has 0 spiro atoms. The SMILES string of the molecule is C#CCOC1CC(C)(C)NC(C)(C)C1. The molecule has 1 aliphatic heterocycles. The molecule has 0 bridgehead atoms. The number of ether oxygens (including phenoxy) is 1. The maximum absolute atomic E-state index is 5.63. The van der Waals surface area contributed by atoms with Crippen molar-refractivity contribution >= 4 is 0 Å². The smallest absolute Gasteiger partial charge is 0.107 e. The van der Waals surface area contributed by atoms with Gasteiger partial charge in [0.1, 0.15) is 6.61 Å². The van der Waals surface area contributed by atoms with Gasteiger partial charge in [-0.05, 0) is 40.5 Å². The lowest BCUT2D eigenvalue weighted by atomic mass is 9.81. The number of terminal acetylenes is 1. The van der Waals surface area contributed by atoms with Gasteiger partial charge in [0.15, 0.2) is 0 Å². The molecule has 1 rings (SSSR count). The molecule has 1 saturated heterocycles. The Hall–Kier alpha value is -0.520. The molecule has 1 fully saturated rings. The molecule has 1 aliphatic rings. The number of nitrogens with one attached hydrogen (secondary N) is 1. The van der Waals surface area contributed by atoms with E-state index in [1.165, 1.54) is 0 Å². The molecule has 1 heterocycles. The Balaban J connectivity index is 2.58. The molecular weight excluding hydrogens is 174 g/mol. The summed E-state index contributed by atoms with van der Waals surface area (Å²) in [4.78, 5) is 0. The predicted molar refractivity (Wildman–Crippen MR) is 59.1 cm³/mol. The fourth-order valence-electron chi connectivity index (χ4n) is 2.51. The van der Waals surface area contributed by atoms with Crippen LogP contribution in [0, 0.1) is 12.3 Å². The van der Waals surface area contributed by atoms with Gasteiger partial charge < -0.3 is 10.1 Å². The highest BCUT2D eigenvalue weighted by Crippen LogP contribution is 2.30. The summed E-state index contributed by atoms with van der Waals surface area (Å²) in [6.45, 7) is 9.26. The lowest BCUT2D eigenvalue weighted by Crippen LogP contribution is -2.59. The van der Waals surface area contributed by atoms with Crippen LogP contribution in [0.5, 0.6) is 0 Å². The third-order valence-corrected chi connectivity index (χ3v) is 2.56. The first-order valence-electron chi connectivity index (χ1n) is 5.19. The van der Waals surface area contributed by atoms with E-state index in [9.17, 15) is 0 Å². The van der Waals surface area contributed by atoms with E-state index in [1.54, 1.807) is 0 Å². The summed E-state index contributed by atoms with van der Waals surface area (Å²) >= 11 is 0. The largest absolute Gasteiger partial charge is 0.365 e. The van der Waals surface area contributed by atoms with Gasteiger partial charge in [0.25, 0.3) is 0 Å². The highest BCUT2D eigenvalue weighted by atomic mass is 16.5. The zero-order chi connectivity index (χ0) is 10.8. The van der Waals surface area contributed by atoms with E-state index in [0.29, 0.717) is 6.61 Å². The first-order chi connectivity index (χ1) is 6.35. The molecular formula is C12H21NO. The van der Waals surface area contributed by atoms with Crippen molar-refractivity contribution in [1.82, 2.24) is 5.32 Å². The molecule has 0 amide bonds. The van der Waals surface area contributed by atoms with E-state index < -0.39 is 0 Å². The van der Waals surface area contributed by atoms with Gasteiger partial charge in [-0.25, -0.2) is 0 Å². The number of hydrogen-bond acceptors (Lipinski definition) is 2. The standard InChI is InChI=1S/C12H21NO/c1-6-7-14-10-8-11(2,3)13-12(4,5)9-10/h1,10,13H,7-9H2,2-5H3. The van der Waals surface area contributed by atoms with Gasteiger partial charge in [-0.1, -0.05) is 5.92 Å². The van der Waals surface area contributed by atoms with Crippen molar-refractivity contribution in [2.24, 2.45) is 0 Å². The topological polar surface area (TPSA) is 21.3 Å². The third kappa shape index (κ3) is 3.32. The Bertz CT molecular complexity index is 221. The number of piperidine rings is 1. The van der Waals surface area contributed by atoms with Crippen LogP contribution < -0.4 is 5.32 Å². The number of rotatable bonds is 2. The Labute approximate surface area is 87.4 Å². The fourth-order valence-corrected chi connectivity index (χ4v) is 2.51. The molecule has 0 aromatic rings. The fraction of sp³-hybridized carbons (Fsp3) is 0.833. The van der Waals surface area contributed by atoms with E-state index in [4.69, 9.17) is 11.2 Å². The van der Waals surface area contributed by atoms with Crippen molar-refractivity contribution in [2.75, 3.05) is 6.61 Å². The summed E-state index contributed by atoms with van der Waals surface area (Å²) in [6.07, 6.45) is 7.53. The Morgan fingerprint density at radius 2 is 1.79 bits per heavy atom. The molecule has 0 aliphatic carbocycles. The highest BCUT2D eigenvalue weighted by Gasteiger charge is 2.37. The molecule has 0 atom stereocenters.